The van der Waals surface area contributed by atoms with Crippen LogP contribution >= 0.6 is 11.3 Å². The third-order valence-corrected chi connectivity index (χ3v) is 4.84. The third-order valence-electron chi connectivity index (χ3n) is 4.01. The first-order valence-corrected chi connectivity index (χ1v) is 8.31. The average Bonchev–Trinajstić information content (AvgIpc) is 2.89. The molecule has 0 radical (unpaired) electrons. The Morgan fingerprint density at radius 2 is 2.22 bits per heavy atom. The van der Waals surface area contributed by atoms with Gasteiger partial charge in [-0.3, -0.25) is 4.79 Å². The van der Waals surface area contributed by atoms with E-state index in [1.165, 1.54) is 28.0 Å². The minimum absolute atomic E-state index is 0.175. The summed E-state index contributed by atoms with van der Waals surface area (Å²) in [7, 11) is 0. The Kier molecular flexibility index (Phi) is 3.37. The molecular formula is C16H15FN4OS. The number of nitrogens with zero attached hydrogens (tertiary/aromatic N) is 4. The second kappa shape index (κ2) is 5.42. The van der Waals surface area contributed by atoms with Crippen molar-refractivity contribution in [2.24, 2.45) is 0 Å². The molecule has 2 aromatic heterocycles. The molecule has 3 aromatic rings. The van der Waals surface area contributed by atoms with E-state index in [-0.39, 0.29) is 11.4 Å². The third kappa shape index (κ3) is 2.61. The normalized spacial score (nSPS) is 14.3. The zero-order valence-electron chi connectivity index (χ0n) is 12.6. The van der Waals surface area contributed by atoms with Crippen molar-refractivity contribution in [3.8, 4) is 0 Å². The molecule has 4 rings (SSSR count). The minimum Gasteiger partial charge on any atom is -0.365 e. The van der Waals surface area contributed by atoms with Crippen LogP contribution in [0.25, 0.3) is 4.96 Å². The smallest absolute Gasteiger partial charge is 0.275 e. The highest BCUT2D eigenvalue weighted by atomic mass is 32.1. The molecule has 118 valence electrons. The van der Waals surface area contributed by atoms with Crippen LogP contribution in [-0.4, -0.2) is 21.1 Å². The highest BCUT2D eigenvalue weighted by Crippen LogP contribution is 2.29. The van der Waals surface area contributed by atoms with Gasteiger partial charge >= 0.3 is 0 Å². The van der Waals surface area contributed by atoms with Gasteiger partial charge in [0.15, 0.2) is 0 Å². The van der Waals surface area contributed by atoms with Crippen molar-refractivity contribution < 1.29 is 4.39 Å². The predicted molar refractivity (Wildman–Crippen MR) is 87.6 cm³/mol. The van der Waals surface area contributed by atoms with Gasteiger partial charge in [-0.05, 0) is 37.5 Å². The van der Waals surface area contributed by atoms with Gasteiger partial charge < -0.3 is 4.90 Å². The number of aromatic nitrogens is 3. The lowest BCUT2D eigenvalue weighted by molar-refractivity contribution is 0.618. The van der Waals surface area contributed by atoms with Crippen molar-refractivity contribution >= 4 is 22.0 Å². The molecule has 1 aliphatic rings. The van der Waals surface area contributed by atoms with Gasteiger partial charge in [-0.2, -0.15) is 9.61 Å². The highest BCUT2D eigenvalue weighted by molar-refractivity contribution is 7.16. The van der Waals surface area contributed by atoms with E-state index in [9.17, 15) is 9.18 Å². The molecule has 3 heterocycles. The quantitative estimate of drug-likeness (QED) is 0.725. The average molecular weight is 330 g/mol. The van der Waals surface area contributed by atoms with Crippen molar-refractivity contribution in [1.29, 1.82) is 0 Å². The molecule has 0 fully saturated rings. The summed E-state index contributed by atoms with van der Waals surface area (Å²) >= 11 is 1.39. The Morgan fingerprint density at radius 3 is 3.09 bits per heavy atom. The van der Waals surface area contributed by atoms with E-state index in [0.717, 1.165) is 35.6 Å². The molecule has 1 aliphatic heterocycles. The molecule has 0 N–H and O–H groups in total. The molecule has 0 saturated carbocycles. The molecular weight excluding hydrogens is 315 g/mol. The van der Waals surface area contributed by atoms with Crippen LogP contribution in [0, 0.1) is 12.7 Å². The Balaban J connectivity index is 1.72. The van der Waals surface area contributed by atoms with E-state index in [0.29, 0.717) is 17.2 Å². The Labute approximate surface area is 136 Å². The number of fused-ring (bicyclic) bond motifs is 2. The maximum Gasteiger partial charge on any atom is 0.275 e. The van der Waals surface area contributed by atoms with Gasteiger partial charge in [-0.25, -0.2) is 9.37 Å². The molecule has 0 atom stereocenters. The minimum atomic E-state index is -0.239. The monoisotopic (exact) mass is 330 g/mol. The fourth-order valence-corrected chi connectivity index (χ4v) is 3.78. The maximum atomic E-state index is 13.6. The molecule has 0 aliphatic carbocycles. The van der Waals surface area contributed by atoms with Crippen LogP contribution in [0.15, 0.2) is 29.1 Å². The number of hydrogen-bond donors (Lipinski definition) is 0. The first kappa shape index (κ1) is 14.3. The predicted octanol–water partition coefficient (Wildman–Crippen LogP) is 2.55. The van der Waals surface area contributed by atoms with Gasteiger partial charge in [0.05, 0.1) is 12.2 Å². The van der Waals surface area contributed by atoms with Gasteiger partial charge in [-0.15, -0.1) is 0 Å². The van der Waals surface area contributed by atoms with Crippen molar-refractivity contribution in [3.05, 3.63) is 56.7 Å². The van der Waals surface area contributed by atoms with Gasteiger partial charge in [0.2, 0.25) is 4.96 Å². The van der Waals surface area contributed by atoms with Crippen LogP contribution in [0.4, 0.5) is 10.1 Å². The number of anilines is 1. The molecule has 0 amide bonds. The summed E-state index contributed by atoms with van der Waals surface area (Å²) < 4.78 is 14.9. The lowest BCUT2D eigenvalue weighted by Gasteiger charge is -2.31. The summed E-state index contributed by atoms with van der Waals surface area (Å²) in [6.45, 7) is 3.18. The number of hydrogen-bond acceptors (Lipinski definition) is 5. The van der Waals surface area contributed by atoms with Crippen molar-refractivity contribution in [2.45, 2.75) is 26.3 Å². The molecule has 0 saturated heterocycles. The standard InChI is InChI=1S/C16H15FN4OS/c1-10-19-21-15(22)8-13(18-16(21)23-10)9-20-6-2-3-11-4-5-12(17)7-14(11)20/h4-5,7-8H,2-3,6,9H2,1H3. The van der Waals surface area contributed by atoms with E-state index < -0.39 is 0 Å². The fourth-order valence-electron chi connectivity index (χ4n) is 3.02. The summed E-state index contributed by atoms with van der Waals surface area (Å²) in [5, 5.41) is 4.95. The van der Waals surface area contributed by atoms with E-state index in [1.807, 2.05) is 13.0 Å². The maximum absolute atomic E-state index is 13.6. The molecule has 0 unspecified atom stereocenters. The molecule has 7 heteroatoms. The van der Waals surface area contributed by atoms with Crippen LogP contribution in [0.3, 0.4) is 0 Å². The molecule has 0 bridgehead atoms. The summed E-state index contributed by atoms with van der Waals surface area (Å²) in [6, 6.07) is 6.42. The molecule has 0 spiro atoms. The van der Waals surface area contributed by atoms with E-state index >= 15 is 0 Å². The second-order valence-electron chi connectivity index (χ2n) is 5.70. The first-order valence-electron chi connectivity index (χ1n) is 7.50. The summed E-state index contributed by atoms with van der Waals surface area (Å²) in [6.07, 6.45) is 1.97. The molecule has 5 nitrogen and oxygen atoms in total. The van der Waals surface area contributed by atoms with E-state index in [1.54, 1.807) is 6.07 Å². The van der Waals surface area contributed by atoms with Crippen LogP contribution in [0.2, 0.25) is 0 Å². The van der Waals surface area contributed by atoms with Gasteiger partial charge in [0.25, 0.3) is 5.56 Å². The zero-order valence-corrected chi connectivity index (χ0v) is 13.4. The largest absolute Gasteiger partial charge is 0.365 e. The van der Waals surface area contributed by atoms with Crippen LogP contribution in [0.5, 0.6) is 0 Å². The Morgan fingerprint density at radius 1 is 1.35 bits per heavy atom. The Hall–Kier alpha value is -2.28. The summed E-state index contributed by atoms with van der Waals surface area (Å²) in [5.74, 6) is -0.239. The zero-order chi connectivity index (χ0) is 16.0. The van der Waals surface area contributed by atoms with Crippen LogP contribution < -0.4 is 10.5 Å². The van der Waals surface area contributed by atoms with Crippen molar-refractivity contribution in [1.82, 2.24) is 14.6 Å². The summed E-state index contributed by atoms with van der Waals surface area (Å²) in [5.41, 5.74) is 2.56. The SMILES string of the molecule is Cc1nn2c(=O)cc(CN3CCCc4ccc(F)cc43)nc2s1. The number of rotatable bonds is 2. The highest BCUT2D eigenvalue weighted by Gasteiger charge is 2.19. The number of aryl methyl sites for hydroxylation is 2. The second-order valence-corrected chi connectivity index (χ2v) is 6.86. The summed E-state index contributed by atoms with van der Waals surface area (Å²) in [4.78, 5) is 19.4. The fraction of sp³-hybridized carbons (Fsp3) is 0.312. The van der Waals surface area contributed by atoms with E-state index in [2.05, 4.69) is 15.0 Å². The number of halogens is 1. The lowest BCUT2D eigenvalue weighted by Crippen LogP contribution is -2.30. The number of benzene rings is 1. The lowest BCUT2D eigenvalue weighted by atomic mass is 10.0. The van der Waals surface area contributed by atoms with Crippen LogP contribution in [-0.2, 0) is 13.0 Å². The van der Waals surface area contributed by atoms with Gasteiger partial charge in [0.1, 0.15) is 10.8 Å². The van der Waals surface area contributed by atoms with Crippen molar-refractivity contribution in [2.75, 3.05) is 11.4 Å². The van der Waals surface area contributed by atoms with Crippen LogP contribution in [0.1, 0.15) is 22.7 Å². The van der Waals surface area contributed by atoms with Crippen molar-refractivity contribution in [3.63, 3.8) is 0 Å². The Bertz CT molecular complexity index is 949. The van der Waals surface area contributed by atoms with E-state index in [4.69, 9.17) is 0 Å². The molecule has 23 heavy (non-hydrogen) atoms. The first-order chi connectivity index (χ1) is 11.1. The topological polar surface area (TPSA) is 50.5 Å². The van der Waals surface area contributed by atoms with Gasteiger partial charge in [-0.1, -0.05) is 17.4 Å². The van der Waals surface area contributed by atoms with Gasteiger partial charge in [0, 0.05) is 18.3 Å². The molecule has 1 aromatic carbocycles.